The highest BCUT2D eigenvalue weighted by molar-refractivity contribution is 6.31. The summed E-state index contributed by atoms with van der Waals surface area (Å²) >= 11 is 6.32. The molecule has 0 bridgehead atoms. The summed E-state index contributed by atoms with van der Waals surface area (Å²) in [6.45, 7) is 3.60. The molecule has 2 aromatic rings. The second-order valence-corrected chi connectivity index (χ2v) is 5.62. The summed E-state index contributed by atoms with van der Waals surface area (Å²) in [4.78, 5) is 6.52. The first-order chi connectivity index (χ1) is 10.0. The molecule has 114 valence electrons. The van der Waals surface area contributed by atoms with Gasteiger partial charge in [-0.25, -0.2) is 5.43 Å². The normalized spacial score (nSPS) is 12.9. The maximum atomic E-state index is 6.32. The molecular weight excluding hydrogens is 288 g/mol. The third-order valence-corrected chi connectivity index (χ3v) is 3.65. The summed E-state index contributed by atoms with van der Waals surface area (Å²) < 4.78 is 1.88. The number of pyridine rings is 1. The van der Waals surface area contributed by atoms with E-state index in [2.05, 4.69) is 20.4 Å². The van der Waals surface area contributed by atoms with Crippen LogP contribution in [0.5, 0.6) is 0 Å². The molecule has 0 aliphatic heterocycles. The number of nitrogens with two attached hydrogens (primary N) is 1. The van der Waals surface area contributed by atoms with Crippen molar-refractivity contribution in [3.8, 4) is 0 Å². The van der Waals surface area contributed by atoms with E-state index in [9.17, 15) is 0 Å². The second-order valence-electron chi connectivity index (χ2n) is 5.21. The number of hydrogen-bond donors (Lipinski definition) is 2. The highest BCUT2D eigenvalue weighted by atomic mass is 35.5. The number of aromatic nitrogens is 3. The van der Waals surface area contributed by atoms with Gasteiger partial charge in [0.25, 0.3) is 0 Å². The van der Waals surface area contributed by atoms with Gasteiger partial charge in [-0.3, -0.25) is 15.5 Å². The third-order valence-electron chi connectivity index (χ3n) is 3.36. The SMILES string of the molecule is Cc1cccnc1C(NN)c1c(Cl)cnn1CCN(C)C. The minimum absolute atomic E-state index is 0.289. The fourth-order valence-electron chi connectivity index (χ4n) is 2.22. The van der Waals surface area contributed by atoms with Crippen LogP contribution in [0.15, 0.2) is 24.5 Å². The highest BCUT2D eigenvalue weighted by Crippen LogP contribution is 2.28. The Kier molecular flexibility index (Phi) is 5.30. The zero-order valence-electron chi connectivity index (χ0n) is 12.5. The molecule has 0 spiro atoms. The van der Waals surface area contributed by atoms with Crippen molar-refractivity contribution in [1.29, 1.82) is 0 Å². The van der Waals surface area contributed by atoms with Gasteiger partial charge < -0.3 is 4.90 Å². The summed E-state index contributed by atoms with van der Waals surface area (Å²) in [7, 11) is 4.04. The molecule has 0 saturated heterocycles. The van der Waals surface area contributed by atoms with E-state index in [1.54, 1.807) is 12.4 Å². The van der Waals surface area contributed by atoms with Crippen LogP contribution < -0.4 is 11.3 Å². The minimum atomic E-state index is -0.289. The summed E-state index contributed by atoms with van der Waals surface area (Å²) in [6.07, 6.45) is 3.40. The van der Waals surface area contributed by atoms with Gasteiger partial charge in [0.15, 0.2) is 0 Å². The average molecular weight is 309 g/mol. The quantitative estimate of drug-likeness (QED) is 0.623. The molecule has 0 aliphatic carbocycles. The van der Waals surface area contributed by atoms with Crippen molar-refractivity contribution in [3.63, 3.8) is 0 Å². The number of halogens is 1. The monoisotopic (exact) mass is 308 g/mol. The minimum Gasteiger partial charge on any atom is -0.308 e. The third kappa shape index (κ3) is 3.59. The topological polar surface area (TPSA) is 72.0 Å². The molecular formula is C14H21ClN6. The van der Waals surface area contributed by atoms with Gasteiger partial charge in [0.1, 0.15) is 6.04 Å². The summed E-state index contributed by atoms with van der Waals surface area (Å²) in [5.74, 6) is 5.76. The van der Waals surface area contributed by atoms with Gasteiger partial charge in [-0.15, -0.1) is 0 Å². The van der Waals surface area contributed by atoms with Crippen LogP contribution in [-0.4, -0.2) is 40.3 Å². The van der Waals surface area contributed by atoms with E-state index in [-0.39, 0.29) is 6.04 Å². The first-order valence-corrected chi connectivity index (χ1v) is 7.16. The molecule has 0 saturated carbocycles. The van der Waals surface area contributed by atoms with Crippen LogP contribution in [0.4, 0.5) is 0 Å². The Morgan fingerprint density at radius 1 is 1.48 bits per heavy atom. The van der Waals surface area contributed by atoms with Crippen LogP contribution in [-0.2, 0) is 6.54 Å². The van der Waals surface area contributed by atoms with Gasteiger partial charge in [-0.05, 0) is 32.6 Å². The zero-order chi connectivity index (χ0) is 15.4. The molecule has 0 aromatic carbocycles. The summed E-state index contributed by atoms with van der Waals surface area (Å²) in [5, 5.41) is 4.93. The lowest BCUT2D eigenvalue weighted by atomic mass is 10.1. The Hall–Kier alpha value is -1.47. The van der Waals surface area contributed by atoms with E-state index < -0.39 is 0 Å². The van der Waals surface area contributed by atoms with Crippen molar-refractivity contribution in [2.45, 2.75) is 19.5 Å². The Morgan fingerprint density at radius 3 is 2.86 bits per heavy atom. The molecule has 0 radical (unpaired) electrons. The van der Waals surface area contributed by atoms with Crippen molar-refractivity contribution in [2.75, 3.05) is 20.6 Å². The van der Waals surface area contributed by atoms with Gasteiger partial charge in [0, 0.05) is 12.7 Å². The van der Waals surface area contributed by atoms with Gasteiger partial charge >= 0.3 is 0 Å². The Bertz CT molecular complexity index is 595. The van der Waals surface area contributed by atoms with Crippen LogP contribution in [0.3, 0.4) is 0 Å². The smallest absolute Gasteiger partial charge is 0.107 e. The lowest BCUT2D eigenvalue weighted by Crippen LogP contribution is -2.33. The first kappa shape index (κ1) is 15.9. The number of rotatable bonds is 6. The molecule has 7 heteroatoms. The average Bonchev–Trinajstić information content (AvgIpc) is 2.81. The molecule has 21 heavy (non-hydrogen) atoms. The number of likely N-dealkylation sites (N-methyl/N-ethyl adjacent to an activating group) is 1. The van der Waals surface area contributed by atoms with Crippen molar-refractivity contribution >= 4 is 11.6 Å². The van der Waals surface area contributed by atoms with Crippen molar-refractivity contribution in [1.82, 2.24) is 25.1 Å². The predicted molar refractivity (Wildman–Crippen MR) is 83.9 cm³/mol. The number of aryl methyl sites for hydroxylation is 1. The van der Waals surface area contributed by atoms with E-state index >= 15 is 0 Å². The lowest BCUT2D eigenvalue weighted by Gasteiger charge is -2.20. The van der Waals surface area contributed by atoms with Crippen LogP contribution >= 0.6 is 11.6 Å². The highest BCUT2D eigenvalue weighted by Gasteiger charge is 2.23. The van der Waals surface area contributed by atoms with E-state index in [0.717, 1.165) is 30.0 Å². The van der Waals surface area contributed by atoms with Gasteiger partial charge in [0.05, 0.1) is 29.2 Å². The van der Waals surface area contributed by atoms with Crippen molar-refractivity contribution in [3.05, 3.63) is 46.5 Å². The van der Waals surface area contributed by atoms with Crippen LogP contribution in [0.2, 0.25) is 5.02 Å². The number of nitrogens with zero attached hydrogens (tertiary/aromatic N) is 4. The zero-order valence-corrected chi connectivity index (χ0v) is 13.3. The van der Waals surface area contributed by atoms with Gasteiger partial charge in [-0.2, -0.15) is 5.10 Å². The molecule has 1 unspecified atom stereocenters. The standard InChI is InChI=1S/C14H21ClN6/c1-10-5-4-6-17-12(10)13(19-16)14-11(15)9-18-21(14)8-7-20(2)3/h4-6,9,13,19H,7-8,16H2,1-3H3. The maximum absolute atomic E-state index is 6.32. The predicted octanol–water partition coefficient (Wildman–Crippen LogP) is 1.35. The molecule has 1 atom stereocenters. The number of hydrazine groups is 1. The van der Waals surface area contributed by atoms with E-state index in [1.807, 2.05) is 37.8 Å². The van der Waals surface area contributed by atoms with E-state index in [0.29, 0.717) is 5.02 Å². The van der Waals surface area contributed by atoms with E-state index in [4.69, 9.17) is 17.4 Å². The summed E-state index contributed by atoms with van der Waals surface area (Å²) in [6, 6.07) is 3.61. The van der Waals surface area contributed by atoms with Gasteiger partial charge in [-0.1, -0.05) is 17.7 Å². The largest absolute Gasteiger partial charge is 0.308 e. The molecule has 0 fully saturated rings. The molecule has 3 N–H and O–H groups in total. The summed E-state index contributed by atoms with van der Waals surface area (Å²) in [5.41, 5.74) is 5.55. The van der Waals surface area contributed by atoms with Crippen LogP contribution in [0.1, 0.15) is 23.0 Å². The van der Waals surface area contributed by atoms with Crippen LogP contribution in [0, 0.1) is 6.92 Å². The molecule has 0 aliphatic rings. The van der Waals surface area contributed by atoms with Crippen molar-refractivity contribution in [2.24, 2.45) is 5.84 Å². The molecule has 2 heterocycles. The van der Waals surface area contributed by atoms with E-state index in [1.165, 1.54) is 0 Å². The molecule has 6 nitrogen and oxygen atoms in total. The Labute approximate surface area is 129 Å². The van der Waals surface area contributed by atoms with Gasteiger partial charge in [0.2, 0.25) is 0 Å². The molecule has 0 amide bonds. The Morgan fingerprint density at radius 2 is 2.24 bits per heavy atom. The molecule has 2 aromatic heterocycles. The fraction of sp³-hybridized carbons (Fsp3) is 0.429. The first-order valence-electron chi connectivity index (χ1n) is 6.78. The molecule has 2 rings (SSSR count). The number of hydrogen-bond acceptors (Lipinski definition) is 5. The maximum Gasteiger partial charge on any atom is 0.107 e. The van der Waals surface area contributed by atoms with Crippen molar-refractivity contribution < 1.29 is 0 Å². The second kappa shape index (κ2) is 7.00. The fourth-order valence-corrected chi connectivity index (χ4v) is 2.47. The number of nitrogens with one attached hydrogen (secondary N) is 1. The van der Waals surface area contributed by atoms with Crippen LogP contribution in [0.25, 0.3) is 0 Å². The Balaban J connectivity index is 2.38. The lowest BCUT2D eigenvalue weighted by molar-refractivity contribution is 0.365.